The number of benzene rings is 1. The van der Waals surface area contributed by atoms with Crippen molar-refractivity contribution in [3.63, 3.8) is 0 Å². The van der Waals surface area contributed by atoms with E-state index in [1.807, 2.05) is 26.8 Å². The van der Waals surface area contributed by atoms with Crippen molar-refractivity contribution in [1.29, 1.82) is 0 Å². The minimum atomic E-state index is -0.636. The quantitative estimate of drug-likeness (QED) is 0.684. The van der Waals surface area contributed by atoms with Gasteiger partial charge in [-0.2, -0.15) is 0 Å². The highest BCUT2D eigenvalue weighted by atomic mass is 16.2. The van der Waals surface area contributed by atoms with Crippen LogP contribution in [0.2, 0.25) is 0 Å². The van der Waals surface area contributed by atoms with Crippen molar-refractivity contribution in [3.05, 3.63) is 30.1 Å². The third-order valence-corrected chi connectivity index (χ3v) is 3.53. The summed E-state index contributed by atoms with van der Waals surface area (Å²) in [5, 5.41) is 16.3. The Morgan fingerprint density at radius 2 is 2.08 bits per heavy atom. The molecule has 0 bridgehead atoms. The average Bonchev–Trinajstić information content (AvgIpc) is 3.07. The first-order valence-electron chi connectivity index (χ1n) is 7.55. The van der Waals surface area contributed by atoms with Gasteiger partial charge >= 0.3 is 0 Å². The van der Waals surface area contributed by atoms with Gasteiger partial charge in [-0.05, 0) is 41.0 Å². The smallest absolute Gasteiger partial charge is 0.243 e. The molecule has 1 heterocycles. The van der Waals surface area contributed by atoms with Crippen molar-refractivity contribution < 1.29 is 9.59 Å². The minimum absolute atomic E-state index is 0.00371. The lowest BCUT2D eigenvalue weighted by Crippen LogP contribution is -2.46. The van der Waals surface area contributed by atoms with Gasteiger partial charge in [-0.15, -0.1) is 5.10 Å². The van der Waals surface area contributed by atoms with Crippen LogP contribution in [-0.2, 0) is 9.59 Å². The number of tetrazole rings is 1. The van der Waals surface area contributed by atoms with E-state index in [1.54, 1.807) is 12.1 Å². The second-order valence-electron chi connectivity index (χ2n) is 5.79. The zero-order valence-corrected chi connectivity index (χ0v) is 13.9. The summed E-state index contributed by atoms with van der Waals surface area (Å²) in [6, 6.07) is 4.73. The predicted octanol–water partition coefficient (Wildman–Crippen LogP) is 0.00872. The van der Waals surface area contributed by atoms with E-state index < -0.39 is 6.04 Å². The topological polar surface area (TPSA) is 128 Å². The molecule has 2 aromatic rings. The van der Waals surface area contributed by atoms with Crippen LogP contribution in [0.1, 0.15) is 19.4 Å². The average molecular weight is 331 g/mol. The molecule has 9 heteroatoms. The number of nitrogens with zero attached hydrogens (tertiary/aromatic N) is 4. The van der Waals surface area contributed by atoms with Crippen molar-refractivity contribution in [3.8, 4) is 5.69 Å². The standard InChI is InChI=1S/C15H21N7O2/c1-9(2)14(16)15(24)17-7-13(23)19-11-5-4-10(3)12(6-11)22-8-18-20-21-22/h4-6,8-9,14H,7,16H2,1-3H3,(H,17,24)(H,19,23)/t14-/m0/s1. The van der Waals surface area contributed by atoms with E-state index in [-0.39, 0.29) is 24.3 Å². The molecule has 0 fully saturated rings. The van der Waals surface area contributed by atoms with Gasteiger partial charge in [0.25, 0.3) is 0 Å². The molecule has 1 atom stereocenters. The number of hydrogen-bond donors (Lipinski definition) is 3. The van der Waals surface area contributed by atoms with Crippen LogP contribution in [0.25, 0.3) is 5.69 Å². The molecule has 1 aromatic heterocycles. The first-order valence-corrected chi connectivity index (χ1v) is 7.55. The first-order chi connectivity index (χ1) is 11.4. The van der Waals surface area contributed by atoms with Gasteiger partial charge in [-0.3, -0.25) is 9.59 Å². The molecule has 2 rings (SSSR count). The molecular weight excluding hydrogens is 310 g/mol. The maximum Gasteiger partial charge on any atom is 0.243 e. The van der Waals surface area contributed by atoms with Gasteiger partial charge in [0.05, 0.1) is 18.3 Å². The number of aryl methyl sites for hydroxylation is 1. The van der Waals surface area contributed by atoms with E-state index >= 15 is 0 Å². The van der Waals surface area contributed by atoms with Crippen LogP contribution >= 0.6 is 0 Å². The molecule has 0 saturated heterocycles. The third-order valence-electron chi connectivity index (χ3n) is 3.53. The first kappa shape index (κ1) is 17.5. The van der Waals surface area contributed by atoms with E-state index in [2.05, 4.69) is 26.2 Å². The second kappa shape index (κ2) is 7.64. The Hall–Kier alpha value is -2.81. The number of carbonyl (C=O) groups is 2. The van der Waals surface area contributed by atoms with E-state index in [0.717, 1.165) is 11.3 Å². The molecule has 1 aromatic carbocycles. The molecule has 0 aliphatic rings. The monoisotopic (exact) mass is 331 g/mol. The summed E-state index contributed by atoms with van der Waals surface area (Å²) in [6.45, 7) is 5.46. The number of nitrogens with one attached hydrogen (secondary N) is 2. The summed E-state index contributed by atoms with van der Waals surface area (Å²) in [7, 11) is 0. The van der Waals surface area contributed by atoms with Gasteiger partial charge in [0.2, 0.25) is 11.8 Å². The zero-order valence-electron chi connectivity index (χ0n) is 13.9. The summed E-state index contributed by atoms with van der Waals surface area (Å²) in [4.78, 5) is 23.7. The number of nitrogens with two attached hydrogens (primary N) is 1. The highest BCUT2D eigenvalue weighted by Crippen LogP contribution is 2.18. The Morgan fingerprint density at radius 1 is 1.33 bits per heavy atom. The van der Waals surface area contributed by atoms with Crippen LogP contribution in [0.15, 0.2) is 24.5 Å². The molecule has 9 nitrogen and oxygen atoms in total. The minimum Gasteiger partial charge on any atom is -0.346 e. The summed E-state index contributed by atoms with van der Waals surface area (Å²) in [5.74, 6) is -0.687. The molecule has 0 unspecified atom stereocenters. The molecule has 0 spiro atoms. The predicted molar refractivity (Wildman–Crippen MR) is 88.3 cm³/mol. The van der Waals surface area contributed by atoms with Crippen molar-refractivity contribution in [2.24, 2.45) is 11.7 Å². The fourth-order valence-corrected chi connectivity index (χ4v) is 2.00. The highest BCUT2D eigenvalue weighted by Gasteiger charge is 2.17. The Labute approximate surface area is 139 Å². The number of hydrogen-bond acceptors (Lipinski definition) is 6. The summed E-state index contributed by atoms with van der Waals surface area (Å²) in [6.07, 6.45) is 1.47. The SMILES string of the molecule is Cc1ccc(NC(=O)CNC(=O)[C@@H](N)C(C)C)cc1-n1cnnn1. The molecule has 0 aliphatic heterocycles. The van der Waals surface area contributed by atoms with Crippen molar-refractivity contribution in [2.45, 2.75) is 26.8 Å². The number of aromatic nitrogens is 4. The largest absolute Gasteiger partial charge is 0.346 e. The summed E-state index contributed by atoms with van der Waals surface area (Å²) in [5.41, 5.74) is 8.01. The summed E-state index contributed by atoms with van der Waals surface area (Å²) < 4.78 is 1.51. The normalized spacial score (nSPS) is 12.0. The van der Waals surface area contributed by atoms with Crippen molar-refractivity contribution in [2.75, 3.05) is 11.9 Å². The molecule has 128 valence electrons. The van der Waals surface area contributed by atoms with Crippen molar-refractivity contribution >= 4 is 17.5 Å². The van der Waals surface area contributed by atoms with Gasteiger partial charge in [0, 0.05) is 5.69 Å². The number of amides is 2. The van der Waals surface area contributed by atoms with Crippen LogP contribution in [0.3, 0.4) is 0 Å². The number of carbonyl (C=O) groups excluding carboxylic acids is 2. The van der Waals surface area contributed by atoms with Gasteiger partial charge in [-0.1, -0.05) is 19.9 Å². The van der Waals surface area contributed by atoms with E-state index in [1.165, 1.54) is 11.0 Å². The number of anilines is 1. The highest BCUT2D eigenvalue weighted by molar-refractivity contribution is 5.95. The lowest BCUT2D eigenvalue weighted by molar-refractivity contribution is -0.125. The Morgan fingerprint density at radius 3 is 2.71 bits per heavy atom. The second-order valence-corrected chi connectivity index (χ2v) is 5.79. The fourth-order valence-electron chi connectivity index (χ4n) is 2.00. The molecule has 4 N–H and O–H groups in total. The Kier molecular flexibility index (Phi) is 5.59. The van der Waals surface area contributed by atoms with Crippen LogP contribution < -0.4 is 16.4 Å². The van der Waals surface area contributed by atoms with E-state index in [0.29, 0.717) is 5.69 Å². The molecule has 0 saturated carbocycles. The molecule has 2 amide bonds. The molecule has 0 radical (unpaired) electrons. The van der Waals surface area contributed by atoms with Gasteiger partial charge in [0.1, 0.15) is 6.33 Å². The molecule has 24 heavy (non-hydrogen) atoms. The van der Waals surface area contributed by atoms with Gasteiger partial charge in [0.15, 0.2) is 0 Å². The number of rotatable bonds is 6. The Balaban J connectivity index is 1.97. The van der Waals surface area contributed by atoms with Gasteiger partial charge in [-0.25, -0.2) is 4.68 Å². The molecular formula is C15H21N7O2. The maximum atomic E-state index is 12.0. The fraction of sp³-hybridized carbons (Fsp3) is 0.400. The van der Waals surface area contributed by atoms with E-state index in [9.17, 15) is 9.59 Å². The van der Waals surface area contributed by atoms with Crippen LogP contribution in [0.4, 0.5) is 5.69 Å². The maximum absolute atomic E-state index is 12.0. The van der Waals surface area contributed by atoms with Gasteiger partial charge < -0.3 is 16.4 Å². The van der Waals surface area contributed by atoms with Crippen LogP contribution in [0, 0.1) is 12.8 Å². The third kappa shape index (κ3) is 4.35. The lowest BCUT2D eigenvalue weighted by atomic mass is 10.1. The molecule has 0 aliphatic carbocycles. The van der Waals surface area contributed by atoms with Crippen LogP contribution in [-0.4, -0.2) is 44.6 Å². The van der Waals surface area contributed by atoms with Crippen LogP contribution in [0.5, 0.6) is 0 Å². The summed E-state index contributed by atoms with van der Waals surface area (Å²) >= 11 is 0. The zero-order chi connectivity index (χ0) is 17.7. The Bertz CT molecular complexity index is 713. The lowest BCUT2D eigenvalue weighted by Gasteiger charge is -2.15. The van der Waals surface area contributed by atoms with E-state index in [4.69, 9.17) is 5.73 Å². The van der Waals surface area contributed by atoms with Crippen molar-refractivity contribution in [1.82, 2.24) is 25.5 Å².